The van der Waals surface area contributed by atoms with Gasteiger partial charge in [0.05, 0.1) is 0 Å². The zero-order chi connectivity index (χ0) is 8.65. The van der Waals surface area contributed by atoms with Crippen molar-refractivity contribution in [2.45, 2.75) is 13.5 Å². The van der Waals surface area contributed by atoms with Crippen LogP contribution < -0.4 is 10.6 Å². The van der Waals surface area contributed by atoms with E-state index in [1.807, 2.05) is 0 Å². The minimum atomic E-state index is 0.995. The van der Waals surface area contributed by atoms with Gasteiger partial charge in [0.1, 0.15) is 0 Å². The summed E-state index contributed by atoms with van der Waals surface area (Å²) in [5, 5.41) is 10.9. The van der Waals surface area contributed by atoms with E-state index in [0.717, 1.165) is 26.2 Å². The number of thiophene rings is 1. The van der Waals surface area contributed by atoms with E-state index in [4.69, 9.17) is 0 Å². The SMILES string of the molecule is CCNCCNCc1ccsc1. The first kappa shape index (κ1) is 9.71. The minimum absolute atomic E-state index is 0.995. The third-order valence-electron chi connectivity index (χ3n) is 1.64. The molecule has 68 valence electrons. The predicted octanol–water partition coefficient (Wildman–Crippen LogP) is 1.45. The van der Waals surface area contributed by atoms with E-state index in [2.05, 4.69) is 34.4 Å². The van der Waals surface area contributed by atoms with Crippen LogP contribution in [0.15, 0.2) is 16.8 Å². The predicted molar refractivity (Wildman–Crippen MR) is 54.6 cm³/mol. The van der Waals surface area contributed by atoms with Crippen molar-refractivity contribution in [3.05, 3.63) is 22.4 Å². The molecule has 0 fully saturated rings. The van der Waals surface area contributed by atoms with E-state index in [9.17, 15) is 0 Å². The molecule has 0 unspecified atom stereocenters. The van der Waals surface area contributed by atoms with Crippen molar-refractivity contribution in [3.8, 4) is 0 Å². The van der Waals surface area contributed by atoms with Crippen molar-refractivity contribution in [1.29, 1.82) is 0 Å². The largest absolute Gasteiger partial charge is 0.316 e. The van der Waals surface area contributed by atoms with Gasteiger partial charge in [-0.1, -0.05) is 6.92 Å². The summed E-state index contributed by atoms with van der Waals surface area (Å²) in [6, 6.07) is 2.16. The van der Waals surface area contributed by atoms with Crippen LogP contribution in [0, 0.1) is 0 Å². The first-order valence-corrected chi connectivity index (χ1v) is 5.30. The zero-order valence-corrected chi connectivity index (χ0v) is 8.29. The average Bonchev–Trinajstić information content (AvgIpc) is 2.57. The van der Waals surface area contributed by atoms with Crippen LogP contribution in [0.4, 0.5) is 0 Å². The fourth-order valence-electron chi connectivity index (χ4n) is 0.980. The van der Waals surface area contributed by atoms with Crippen LogP contribution in [-0.4, -0.2) is 19.6 Å². The monoisotopic (exact) mass is 184 g/mol. The Balaban J connectivity index is 1.96. The van der Waals surface area contributed by atoms with Crippen molar-refractivity contribution < 1.29 is 0 Å². The van der Waals surface area contributed by atoms with Crippen LogP contribution in [0.3, 0.4) is 0 Å². The molecule has 0 aromatic carbocycles. The Hall–Kier alpha value is -0.380. The number of hydrogen-bond donors (Lipinski definition) is 2. The summed E-state index contributed by atoms with van der Waals surface area (Å²) >= 11 is 1.75. The number of rotatable bonds is 6. The fraction of sp³-hybridized carbons (Fsp3) is 0.556. The first-order chi connectivity index (χ1) is 5.93. The second-order valence-corrected chi connectivity index (χ2v) is 3.44. The van der Waals surface area contributed by atoms with Gasteiger partial charge in [-0.15, -0.1) is 0 Å². The standard InChI is InChI=1S/C9H16N2S/c1-2-10-4-5-11-7-9-3-6-12-8-9/h3,6,8,10-11H,2,4-5,7H2,1H3. The molecule has 3 heteroatoms. The lowest BCUT2D eigenvalue weighted by molar-refractivity contribution is 0.625. The topological polar surface area (TPSA) is 24.1 Å². The summed E-state index contributed by atoms with van der Waals surface area (Å²) in [5.41, 5.74) is 1.39. The molecule has 0 radical (unpaired) electrons. The molecule has 1 rings (SSSR count). The Kier molecular flexibility index (Phi) is 4.99. The molecule has 0 aliphatic carbocycles. The van der Waals surface area contributed by atoms with Gasteiger partial charge < -0.3 is 10.6 Å². The molecule has 0 bridgehead atoms. The van der Waals surface area contributed by atoms with Crippen LogP contribution in [-0.2, 0) is 6.54 Å². The Morgan fingerprint density at radius 3 is 2.83 bits per heavy atom. The van der Waals surface area contributed by atoms with E-state index in [0.29, 0.717) is 0 Å². The fourth-order valence-corrected chi connectivity index (χ4v) is 1.65. The summed E-state index contributed by atoms with van der Waals surface area (Å²) in [6.45, 7) is 6.28. The molecule has 0 saturated carbocycles. The van der Waals surface area contributed by atoms with Crippen molar-refractivity contribution in [3.63, 3.8) is 0 Å². The Morgan fingerprint density at radius 1 is 1.33 bits per heavy atom. The van der Waals surface area contributed by atoms with Gasteiger partial charge in [0.2, 0.25) is 0 Å². The summed E-state index contributed by atoms with van der Waals surface area (Å²) in [6.07, 6.45) is 0. The average molecular weight is 184 g/mol. The molecule has 0 aliphatic heterocycles. The van der Waals surface area contributed by atoms with Gasteiger partial charge in [0.15, 0.2) is 0 Å². The third kappa shape index (κ3) is 3.85. The van der Waals surface area contributed by atoms with E-state index in [-0.39, 0.29) is 0 Å². The highest BCUT2D eigenvalue weighted by atomic mass is 32.1. The van der Waals surface area contributed by atoms with E-state index in [1.54, 1.807) is 11.3 Å². The summed E-state index contributed by atoms with van der Waals surface area (Å²) in [5.74, 6) is 0. The number of nitrogens with one attached hydrogen (secondary N) is 2. The Labute approximate surface area is 78.0 Å². The van der Waals surface area contributed by atoms with Gasteiger partial charge in [-0.25, -0.2) is 0 Å². The first-order valence-electron chi connectivity index (χ1n) is 4.36. The maximum absolute atomic E-state index is 3.37. The smallest absolute Gasteiger partial charge is 0.0214 e. The Bertz CT molecular complexity index is 184. The number of hydrogen-bond acceptors (Lipinski definition) is 3. The van der Waals surface area contributed by atoms with Crippen LogP contribution in [0.25, 0.3) is 0 Å². The second kappa shape index (κ2) is 6.17. The molecule has 1 aromatic rings. The van der Waals surface area contributed by atoms with Gasteiger partial charge >= 0.3 is 0 Å². The van der Waals surface area contributed by atoms with Gasteiger partial charge in [0, 0.05) is 19.6 Å². The third-order valence-corrected chi connectivity index (χ3v) is 2.37. The van der Waals surface area contributed by atoms with Gasteiger partial charge in [0.25, 0.3) is 0 Å². The molecule has 2 nitrogen and oxygen atoms in total. The quantitative estimate of drug-likeness (QED) is 0.654. The lowest BCUT2D eigenvalue weighted by atomic mass is 10.3. The Morgan fingerprint density at radius 2 is 2.17 bits per heavy atom. The molecule has 0 atom stereocenters. The lowest BCUT2D eigenvalue weighted by Gasteiger charge is -2.02. The maximum atomic E-state index is 3.37. The van der Waals surface area contributed by atoms with Crippen molar-refractivity contribution >= 4 is 11.3 Å². The van der Waals surface area contributed by atoms with Crippen molar-refractivity contribution in [2.75, 3.05) is 19.6 Å². The molecule has 1 aromatic heterocycles. The molecular formula is C9H16N2S. The maximum Gasteiger partial charge on any atom is 0.0214 e. The van der Waals surface area contributed by atoms with Gasteiger partial charge in [-0.05, 0) is 28.9 Å². The van der Waals surface area contributed by atoms with E-state index >= 15 is 0 Å². The van der Waals surface area contributed by atoms with E-state index in [1.165, 1.54) is 5.56 Å². The highest BCUT2D eigenvalue weighted by Crippen LogP contribution is 2.04. The molecule has 2 N–H and O–H groups in total. The summed E-state index contributed by atoms with van der Waals surface area (Å²) in [7, 11) is 0. The molecule has 0 amide bonds. The van der Waals surface area contributed by atoms with Crippen molar-refractivity contribution in [1.82, 2.24) is 10.6 Å². The van der Waals surface area contributed by atoms with Crippen molar-refractivity contribution in [2.24, 2.45) is 0 Å². The van der Waals surface area contributed by atoms with Crippen LogP contribution in [0.1, 0.15) is 12.5 Å². The van der Waals surface area contributed by atoms with Gasteiger partial charge in [-0.2, -0.15) is 11.3 Å². The number of likely N-dealkylation sites (N-methyl/N-ethyl adjacent to an activating group) is 1. The van der Waals surface area contributed by atoms with Crippen LogP contribution in [0.2, 0.25) is 0 Å². The highest BCUT2D eigenvalue weighted by Gasteiger charge is 1.90. The summed E-state index contributed by atoms with van der Waals surface area (Å²) in [4.78, 5) is 0. The van der Waals surface area contributed by atoms with Gasteiger partial charge in [-0.3, -0.25) is 0 Å². The summed E-state index contributed by atoms with van der Waals surface area (Å²) < 4.78 is 0. The molecule has 12 heavy (non-hydrogen) atoms. The highest BCUT2D eigenvalue weighted by molar-refractivity contribution is 7.07. The molecular weight excluding hydrogens is 168 g/mol. The molecule has 1 heterocycles. The minimum Gasteiger partial charge on any atom is -0.316 e. The second-order valence-electron chi connectivity index (χ2n) is 2.66. The van der Waals surface area contributed by atoms with Crippen LogP contribution >= 0.6 is 11.3 Å². The lowest BCUT2D eigenvalue weighted by Crippen LogP contribution is -2.26. The zero-order valence-electron chi connectivity index (χ0n) is 7.47. The van der Waals surface area contributed by atoms with E-state index < -0.39 is 0 Å². The normalized spacial score (nSPS) is 10.4. The molecule has 0 saturated heterocycles. The molecule has 0 spiro atoms. The van der Waals surface area contributed by atoms with Crippen LogP contribution in [0.5, 0.6) is 0 Å². The molecule has 0 aliphatic rings.